The molecule has 0 atom stereocenters. The Bertz CT molecular complexity index is 235. The Morgan fingerprint density at radius 2 is 0.897 bits per heavy atom. The Hall–Kier alpha value is 0.644. The summed E-state index contributed by atoms with van der Waals surface area (Å²) in [4.78, 5) is 0. The van der Waals surface area contributed by atoms with E-state index in [9.17, 15) is 0 Å². The van der Waals surface area contributed by atoms with Gasteiger partial charge in [0.25, 0.3) is 0 Å². The third-order valence-corrected chi connectivity index (χ3v) is 3.36. The molecule has 1 heterocycles. The first-order valence-electron chi connectivity index (χ1n) is 8.66. The van der Waals surface area contributed by atoms with Crippen LogP contribution in [0.4, 0.5) is 0 Å². The summed E-state index contributed by atoms with van der Waals surface area (Å²) in [5.41, 5.74) is 0. The number of rotatable bonds is 0. The molecule has 1 aromatic rings. The molecule has 2 rings (SSSR count). The molecule has 1 aliphatic heterocycles. The van der Waals surface area contributed by atoms with Crippen molar-refractivity contribution in [1.29, 1.82) is 0 Å². The Labute approximate surface area is 216 Å². The van der Waals surface area contributed by atoms with E-state index in [1.807, 2.05) is 30.3 Å². The van der Waals surface area contributed by atoms with E-state index in [1.54, 1.807) is 0 Å². The fraction of sp³-hybridized carbons (Fsp3) is 0.571. The molecular weight excluding hydrogens is 462 g/mol. The third kappa shape index (κ3) is 39.7. The maximum Gasteiger partial charge on any atom is 0 e. The van der Waals surface area contributed by atoms with E-state index in [2.05, 4.69) is 27.3 Å². The summed E-state index contributed by atoms with van der Waals surface area (Å²) in [6.45, 7) is 8.80. The first-order chi connectivity index (χ1) is 11.0. The van der Waals surface area contributed by atoms with Crippen LogP contribution in [0.5, 0.6) is 0 Å². The molecule has 8 heteroatoms. The number of nitrogens with one attached hydrogen (secondary N) is 3. The minimum atomic E-state index is 0. The zero-order valence-electron chi connectivity index (χ0n) is 18.5. The molecule has 3 N–H and O–H groups in total. The van der Waals surface area contributed by atoms with Gasteiger partial charge in [-0.1, -0.05) is 12.8 Å². The predicted molar refractivity (Wildman–Crippen MR) is 136 cm³/mol. The van der Waals surface area contributed by atoms with Crippen molar-refractivity contribution in [3.05, 3.63) is 64.0 Å². The molecular formula is C21H44Cl3N4Ti-5. The van der Waals surface area contributed by atoms with E-state index in [4.69, 9.17) is 0 Å². The van der Waals surface area contributed by atoms with Gasteiger partial charge in [-0.05, 0) is 52.1 Å². The molecule has 0 amide bonds. The number of hydrogen-bond donors (Lipinski definition) is 3. The van der Waals surface area contributed by atoms with Crippen LogP contribution in [0.3, 0.4) is 0 Å². The van der Waals surface area contributed by atoms with Crippen LogP contribution in [0.1, 0.15) is 25.7 Å². The number of halogens is 3. The fourth-order valence-corrected chi connectivity index (χ4v) is 2.14. The molecule has 4 nitrogen and oxygen atoms in total. The molecule has 1 aromatic carbocycles. The van der Waals surface area contributed by atoms with E-state index in [0.717, 1.165) is 52.4 Å². The molecule has 178 valence electrons. The number of hydrogen-bond acceptors (Lipinski definition) is 3. The van der Waals surface area contributed by atoms with Gasteiger partial charge in [-0.3, -0.25) is 0 Å². The van der Waals surface area contributed by atoms with Gasteiger partial charge in [-0.25, -0.2) is 0 Å². The summed E-state index contributed by atoms with van der Waals surface area (Å²) in [6, 6.07) is 12.5. The average Bonchev–Trinajstić information content (AvgIpc) is 2.57. The van der Waals surface area contributed by atoms with Crippen molar-refractivity contribution >= 4 is 37.2 Å². The molecule has 0 radical (unpaired) electrons. The van der Waals surface area contributed by atoms with Crippen LogP contribution in [0.2, 0.25) is 0 Å². The van der Waals surface area contributed by atoms with Crippen molar-refractivity contribution in [3.63, 3.8) is 0 Å². The van der Waals surface area contributed by atoms with Crippen molar-refractivity contribution in [2.45, 2.75) is 25.7 Å². The van der Waals surface area contributed by atoms with Crippen molar-refractivity contribution in [3.8, 4) is 0 Å². The molecule has 0 saturated carbocycles. The fourth-order valence-electron chi connectivity index (χ4n) is 2.14. The third-order valence-electron chi connectivity index (χ3n) is 3.36. The maximum atomic E-state index is 4.51. The van der Waals surface area contributed by atoms with E-state index in [1.165, 1.54) is 25.7 Å². The Balaban J connectivity index is -0.0000000656. The van der Waals surface area contributed by atoms with E-state index in [0.29, 0.717) is 0 Å². The van der Waals surface area contributed by atoms with Gasteiger partial charge < -0.3 is 43.5 Å². The first-order valence-corrected chi connectivity index (χ1v) is 8.66. The van der Waals surface area contributed by atoms with Crippen LogP contribution in [0.15, 0.2) is 30.3 Å². The monoisotopic (exact) mass is 505 g/mol. The van der Waals surface area contributed by atoms with Crippen LogP contribution >= 0.6 is 37.2 Å². The van der Waals surface area contributed by atoms with E-state index < -0.39 is 0 Å². The Morgan fingerprint density at radius 3 is 1.17 bits per heavy atom. The summed E-state index contributed by atoms with van der Waals surface area (Å²) in [5.74, 6) is 0. The Morgan fingerprint density at radius 1 is 0.552 bits per heavy atom. The second-order valence-electron chi connectivity index (χ2n) is 5.41. The molecule has 0 aliphatic carbocycles. The van der Waals surface area contributed by atoms with E-state index in [-0.39, 0.29) is 81.2 Å². The molecule has 1 saturated heterocycles. The van der Waals surface area contributed by atoms with Gasteiger partial charge in [0.2, 0.25) is 0 Å². The van der Waals surface area contributed by atoms with Gasteiger partial charge in [0.15, 0.2) is 0 Å². The SMILES string of the molecule is C1C[N-]CCCNCCCNCCCNC1.Cl.Cl.Cl.[CH3-].[CH3-].[CH3-].[Ti].[c-]1ccccc1. The van der Waals surface area contributed by atoms with Crippen LogP contribution in [0.25, 0.3) is 5.32 Å². The maximum absolute atomic E-state index is 4.51. The zero-order chi connectivity index (χ0) is 15.6. The van der Waals surface area contributed by atoms with Crippen molar-refractivity contribution in [2.75, 3.05) is 52.4 Å². The first kappa shape index (κ1) is 47.4. The molecule has 0 aromatic heterocycles. The Kier molecular flexibility index (Phi) is 69.8. The van der Waals surface area contributed by atoms with Crippen molar-refractivity contribution in [2.24, 2.45) is 0 Å². The molecule has 1 aliphatic rings. The summed E-state index contributed by atoms with van der Waals surface area (Å²) in [7, 11) is 0. The minimum absolute atomic E-state index is 0. The van der Waals surface area contributed by atoms with Crippen molar-refractivity contribution in [1.82, 2.24) is 16.0 Å². The van der Waals surface area contributed by atoms with Crippen LogP contribution in [-0.2, 0) is 21.7 Å². The largest absolute Gasteiger partial charge is 0.662 e. The molecule has 0 spiro atoms. The van der Waals surface area contributed by atoms with Gasteiger partial charge in [-0.15, -0.1) is 50.3 Å². The molecule has 0 bridgehead atoms. The quantitative estimate of drug-likeness (QED) is 0.350. The van der Waals surface area contributed by atoms with Gasteiger partial charge in [0.05, 0.1) is 0 Å². The van der Waals surface area contributed by atoms with Gasteiger partial charge in [-0.2, -0.15) is 36.4 Å². The summed E-state index contributed by atoms with van der Waals surface area (Å²) in [5, 5.41) is 14.9. The summed E-state index contributed by atoms with van der Waals surface area (Å²) < 4.78 is 0. The topological polar surface area (TPSA) is 50.2 Å². The minimum Gasteiger partial charge on any atom is -0.662 e. The second kappa shape index (κ2) is 42.7. The normalized spacial score (nSPS) is 14.9. The summed E-state index contributed by atoms with van der Waals surface area (Å²) >= 11 is 0. The van der Waals surface area contributed by atoms with E-state index >= 15 is 0 Å². The van der Waals surface area contributed by atoms with Gasteiger partial charge in [0.1, 0.15) is 0 Å². The standard InChI is InChI=1S/C12H27N4.C6H5.3CH3.3ClH.Ti/c1-5-13-7-2-9-15-11-4-12-16-10-3-8-14-6-1;1-2-4-6-5-3-1;;;;;;;/h13-15H,1-12H2;1-5H;3*1H3;3*1H;/q5*-1;;;;. The molecule has 29 heavy (non-hydrogen) atoms. The molecule has 0 unspecified atom stereocenters. The van der Waals surface area contributed by atoms with Gasteiger partial charge in [0, 0.05) is 21.7 Å². The molecule has 1 fully saturated rings. The zero-order valence-corrected chi connectivity index (χ0v) is 22.6. The number of nitrogens with zero attached hydrogens (tertiary/aromatic N) is 1. The number of benzene rings is 1. The summed E-state index contributed by atoms with van der Waals surface area (Å²) in [6.07, 6.45) is 4.82. The van der Waals surface area contributed by atoms with Crippen molar-refractivity contribution < 1.29 is 21.7 Å². The second-order valence-corrected chi connectivity index (χ2v) is 5.41. The van der Waals surface area contributed by atoms with Crippen LogP contribution < -0.4 is 16.0 Å². The predicted octanol–water partition coefficient (Wildman–Crippen LogP) is 4.80. The van der Waals surface area contributed by atoms with Crippen LogP contribution in [-0.4, -0.2) is 52.4 Å². The van der Waals surface area contributed by atoms with Gasteiger partial charge >= 0.3 is 0 Å². The average molecular weight is 507 g/mol. The smallest absolute Gasteiger partial charge is 0 e. The van der Waals surface area contributed by atoms with Crippen LogP contribution in [0, 0.1) is 28.3 Å².